The summed E-state index contributed by atoms with van der Waals surface area (Å²) in [6.45, 7) is 3.32. The van der Waals surface area contributed by atoms with Crippen molar-refractivity contribution >= 4 is 17.3 Å². The van der Waals surface area contributed by atoms with Gasteiger partial charge in [0.05, 0.1) is 6.04 Å². The van der Waals surface area contributed by atoms with Crippen molar-refractivity contribution in [2.24, 2.45) is 0 Å². The molecule has 0 spiro atoms. The van der Waals surface area contributed by atoms with Gasteiger partial charge in [0.2, 0.25) is 0 Å². The third-order valence-corrected chi connectivity index (χ3v) is 3.56. The van der Waals surface area contributed by atoms with Crippen molar-refractivity contribution in [2.75, 3.05) is 13.2 Å². The summed E-state index contributed by atoms with van der Waals surface area (Å²) in [5.41, 5.74) is 1.14. The highest BCUT2D eigenvalue weighted by Crippen LogP contribution is 2.32. The van der Waals surface area contributed by atoms with Crippen LogP contribution in [0.1, 0.15) is 31.4 Å². The molecular weight excluding hydrogens is 260 g/mol. The molecule has 0 unspecified atom stereocenters. The minimum atomic E-state index is 0.148. The summed E-state index contributed by atoms with van der Waals surface area (Å²) in [5.74, 6) is 1.64. The van der Waals surface area contributed by atoms with E-state index < -0.39 is 0 Å². The van der Waals surface area contributed by atoms with Crippen LogP contribution in [-0.4, -0.2) is 24.4 Å². The number of nitrogens with one attached hydrogen (secondary N) is 2. The van der Waals surface area contributed by atoms with Gasteiger partial charge in [0, 0.05) is 6.04 Å². The molecule has 2 aliphatic rings. The summed E-state index contributed by atoms with van der Waals surface area (Å²) < 4.78 is 11.1. The Morgan fingerprint density at radius 2 is 2.00 bits per heavy atom. The van der Waals surface area contributed by atoms with Crippen molar-refractivity contribution in [3.8, 4) is 11.5 Å². The number of fused-ring (bicyclic) bond motifs is 1. The highest BCUT2D eigenvalue weighted by Gasteiger charge is 2.22. The van der Waals surface area contributed by atoms with Crippen LogP contribution in [0.25, 0.3) is 0 Å². The Kier molecular flexibility index (Phi) is 3.46. The molecule has 19 heavy (non-hydrogen) atoms. The van der Waals surface area contributed by atoms with Gasteiger partial charge in [0.25, 0.3) is 0 Å². The molecule has 1 heterocycles. The number of hydrogen-bond donors (Lipinski definition) is 2. The molecule has 1 fully saturated rings. The molecule has 1 aromatic rings. The predicted octanol–water partition coefficient (Wildman–Crippen LogP) is 2.15. The van der Waals surface area contributed by atoms with Crippen molar-refractivity contribution < 1.29 is 9.47 Å². The Hall–Kier alpha value is -1.49. The van der Waals surface area contributed by atoms with Gasteiger partial charge in [-0.25, -0.2) is 0 Å². The number of hydrogen-bond acceptors (Lipinski definition) is 3. The lowest BCUT2D eigenvalue weighted by Crippen LogP contribution is -2.37. The summed E-state index contributed by atoms with van der Waals surface area (Å²) in [6.07, 6.45) is 2.44. The largest absolute Gasteiger partial charge is 0.486 e. The maximum Gasteiger partial charge on any atom is 0.166 e. The molecule has 1 saturated carbocycles. The lowest BCUT2D eigenvalue weighted by Gasteiger charge is -2.22. The van der Waals surface area contributed by atoms with Crippen molar-refractivity contribution in [1.29, 1.82) is 0 Å². The lowest BCUT2D eigenvalue weighted by atomic mass is 10.1. The fourth-order valence-electron chi connectivity index (χ4n) is 2.06. The fourth-order valence-corrected chi connectivity index (χ4v) is 2.41. The molecule has 2 N–H and O–H groups in total. The molecule has 1 aliphatic carbocycles. The molecule has 0 aromatic heterocycles. The minimum Gasteiger partial charge on any atom is -0.486 e. The van der Waals surface area contributed by atoms with Gasteiger partial charge in [-0.05, 0) is 49.7 Å². The van der Waals surface area contributed by atoms with E-state index in [1.807, 2.05) is 18.2 Å². The topological polar surface area (TPSA) is 42.5 Å². The highest BCUT2D eigenvalue weighted by molar-refractivity contribution is 7.80. The molecule has 1 atom stereocenters. The normalized spacial score (nSPS) is 18.6. The van der Waals surface area contributed by atoms with Crippen LogP contribution in [0.4, 0.5) is 0 Å². The quantitative estimate of drug-likeness (QED) is 0.829. The summed E-state index contributed by atoms with van der Waals surface area (Å²) in [5, 5.41) is 7.31. The van der Waals surface area contributed by atoms with E-state index in [4.69, 9.17) is 21.7 Å². The Labute approximate surface area is 118 Å². The Balaban J connectivity index is 1.65. The molecule has 102 valence electrons. The van der Waals surface area contributed by atoms with Crippen LogP contribution in [0, 0.1) is 0 Å². The van der Waals surface area contributed by atoms with Gasteiger partial charge in [-0.15, -0.1) is 0 Å². The van der Waals surface area contributed by atoms with E-state index in [0.717, 1.165) is 22.2 Å². The summed E-state index contributed by atoms with van der Waals surface area (Å²) in [7, 11) is 0. The number of ether oxygens (including phenoxy) is 2. The molecule has 1 aromatic carbocycles. The lowest BCUT2D eigenvalue weighted by molar-refractivity contribution is 0.171. The molecule has 1 aliphatic heterocycles. The van der Waals surface area contributed by atoms with Crippen molar-refractivity contribution in [1.82, 2.24) is 10.6 Å². The maximum atomic E-state index is 5.59. The van der Waals surface area contributed by atoms with Crippen LogP contribution >= 0.6 is 12.2 Å². The fraction of sp³-hybridized carbons (Fsp3) is 0.500. The zero-order valence-electron chi connectivity index (χ0n) is 10.9. The van der Waals surface area contributed by atoms with Gasteiger partial charge < -0.3 is 20.1 Å². The smallest absolute Gasteiger partial charge is 0.166 e. The number of thiocarbonyl (C=S) groups is 1. The van der Waals surface area contributed by atoms with Crippen molar-refractivity contribution in [2.45, 2.75) is 31.8 Å². The van der Waals surface area contributed by atoms with E-state index >= 15 is 0 Å². The molecule has 3 rings (SSSR count). The average Bonchev–Trinajstić information content (AvgIpc) is 3.21. The SMILES string of the molecule is C[C@@H](NC(=S)NC1CC1)c1ccc2c(c1)OCCO2. The van der Waals surface area contributed by atoms with Gasteiger partial charge in [-0.1, -0.05) is 6.07 Å². The van der Waals surface area contributed by atoms with Crippen LogP contribution in [0.2, 0.25) is 0 Å². The van der Waals surface area contributed by atoms with Gasteiger partial charge >= 0.3 is 0 Å². The van der Waals surface area contributed by atoms with Crippen LogP contribution in [0.5, 0.6) is 11.5 Å². The second-order valence-corrected chi connectivity index (χ2v) is 5.43. The summed E-state index contributed by atoms with van der Waals surface area (Å²) in [4.78, 5) is 0. The van der Waals surface area contributed by atoms with Gasteiger partial charge in [-0.3, -0.25) is 0 Å². The minimum absolute atomic E-state index is 0.148. The summed E-state index contributed by atoms with van der Waals surface area (Å²) >= 11 is 5.29. The van der Waals surface area contributed by atoms with Crippen LogP contribution < -0.4 is 20.1 Å². The monoisotopic (exact) mass is 278 g/mol. The van der Waals surface area contributed by atoms with E-state index in [1.54, 1.807) is 0 Å². The van der Waals surface area contributed by atoms with Crippen molar-refractivity contribution in [3.63, 3.8) is 0 Å². The Bertz CT molecular complexity index is 488. The van der Waals surface area contributed by atoms with E-state index in [1.165, 1.54) is 12.8 Å². The molecule has 0 bridgehead atoms. The third kappa shape index (κ3) is 3.10. The molecule has 0 radical (unpaired) electrons. The first-order chi connectivity index (χ1) is 9.22. The van der Waals surface area contributed by atoms with E-state index in [0.29, 0.717) is 19.3 Å². The summed E-state index contributed by atoms with van der Waals surface area (Å²) in [6, 6.07) is 6.75. The second kappa shape index (κ2) is 5.25. The van der Waals surface area contributed by atoms with Gasteiger partial charge in [0.15, 0.2) is 16.6 Å². The van der Waals surface area contributed by atoms with Crippen LogP contribution in [0.15, 0.2) is 18.2 Å². The van der Waals surface area contributed by atoms with Crippen LogP contribution in [0.3, 0.4) is 0 Å². The highest BCUT2D eigenvalue weighted by atomic mass is 32.1. The van der Waals surface area contributed by atoms with Gasteiger partial charge in [0.1, 0.15) is 13.2 Å². The van der Waals surface area contributed by atoms with Crippen LogP contribution in [-0.2, 0) is 0 Å². The first-order valence-electron chi connectivity index (χ1n) is 6.69. The molecule has 5 heteroatoms. The number of benzene rings is 1. The van der Waals surface area contributed by atoms with Gasteiger partial charge in [-0.2, -0.15) is 0 Å². The second-order valence-electron chi connectivity index (χ2n) is 5.02. The molecule has 0 saturated heterocycles. The zero-order valence-corrected chi connectivity index (χ0v) is 11.8. The number of rotatable bonds is 3. The Morgan fingerprint density at radius 1 is 1.26 bits per heavy atom. The first kappa shape index (κ1) is 12.5. The zero-order chi connectivity index (χ0) is 13.2. The standard InChI is InChI=1S/C14H18N2O2S/c1-9(15-14(19)16-11-3-4-11)10-2-5-12-13(8-10)18-7-6-17-12/h2,5,8-9,11H,3-4,6-7H2,1H3,(H2,15,16,19)/t9-/m1/s1. The van der Waals surface area contributed by atoms with Crippen molar-refractivity contribution in [3.05, 3.63) is 23.8 Å². The Morgan fingerprint density at radius 3 is 2.74 bits per heavy atom. The maximum absolute atomic E-state index is 5.59. The van der Waals surface area contributed by atoms with E-state index in [-0.39, 0.29) is 6.04 Å². The first-order valence-corrected chi connectivity index (χ1v) is 7.10. The molecule has 0 amide bonds. The average molecular weight is 278 g/mol. The third-order valence-electron chi connectivity index (χ3n) is 3.33. The molecule has 4 nitrogen and oxygen atoms in total. The molecular formula is C14H18N2O2S. The van der Waals surface area contributed by atoms with E-state index in [9.17, 15) is 0 Å². The van der Waals surface area contributed by atoms with E-state index in [2.05, 4.69) is 17.6 Å². The predicted molar refractivity (Wildman–Crippen MR) is 77.7 cm³/mol.